The van der Waals surface area contributed by atoms with Gasteiger partial charge < -0.3 is 10.2 Å². The standard InChI is InChI=1S/C16H17F3N2/c1-3-21(13-6-4-12(17)5-7-13)16-14(18)8-11(10-20-2)9-15(16)19/h4-9,20H,3,10H2,1-2H3. The Labute approximate surface area is 122 Å². The Morgan fingerprint density at radius 2 is 1.57 bits per heavy atom. The molecular formula is C16H17F3N2. The number of hydrogen-bond acceptors (Lipinski definition) is 2. The van der Waals surface area contributed by atoms with Crippen molar-refractivity contribution in [3.05, 3.63) is 59.4 Å². The summed E-state index contributed by atoms with van der Waals surface area (Å²) in [5, 5.41) is 2.85. The molecule has 0 radical (unpaired) electrons. The van der Waals surface area contributed by atoms with Crippen LogP contribution in [-0.4, -0.2) is 13.6 Å². The van der Waals surface area contributed by atoms with Crippen LogP contribution in [0.2, 0.25) is 0 Å². The van der Waals surface area contributed by atoms with Gasteiger partial charge in [-0.1, -0.05) is 0 Å². The molecule has 0 atom stereocenters. The van der Waals surface area contributed by atoms with Crippen LogP contribution in [0.4, 0.5) is 24.5 Å². The van der Waals surface area contributed by atoms with E-state index in [1.807, 2.05) is 0 Å². The molecule has 2 nitrogen and oxygen atoms in total. The number of nitrogens with one attached hydrogen (secondary N) is 1. The molecule has 0 unspecified atom stereocenters. The first kappa shape index (κ1) is 15.4. The van der Waals surface area contributed by atoms with Gasteiger partial charge in [0.1, 0.15) is 23.1 Å². The van der Waals surface area contributed by atoms with Crippen LogP contribution in [0.1, 0.15) is 12.5 Å². The molecule has 2 rings (SSSR count). The molecule has 0 spiro atoms. The second kappa shape index (κ2) is 6.63. The summed E-state index contributed by atoms with van der Waals surface area (Å²) >= 11 is 0. The first-order valence-electron chi connectivity index (χ1n) is 6.72. The Bertz CT molecular complexity index is 588. The van der Waals surface area contributed by atoms with E-state index >= 15 is 0 Å². The molecule has 0 amide bonds. The van der Waals surface area contributed by atoms with E-state index in [4.69, 9.17) is 0 Å². The van der Waals surface area contributed by atoms with E-state index in [-0.39, 0.29) is 11.5 Å². The molecule has 0 aliphatic carbocycles. The third-order valence-corrected chi connectivity index (χ3v) is 3.18. The Morgan fingerprint density at radius 3 is 2.05 bits per heavy atom. The summed E-state index contributed by atoms with van der Waals surface area (Å²) < 4.78 is 41.5. The molecule has 0 aromatic heterocycles. The fourth-order valence-corrected chi connectivity index (χ4v) is 2.27. The fraction of sp³-hybridized carbons (Fsp3) is 0.250. The van der Waals surface area contributed by atoms with E-state index in [0.717, 1.165) is 0 Å². The highest BCUT2D eigenvalue weighted by molar-refractivity contribution is 5.64. The van der Waals surface area contributed by atoms with Crippen LogP contribution in [-0.2, 0) is 6.54 Å². The summed E-state index contributed by atoms with van der Waals surface area (Å²) in [6.45, 7) is 2.53. The van der Waals surface area contributed by atoms with Gasteiger partial charge in [-0.05, 0) is 55.9 Å². The Kier molecular flexibility index (Phi) is 4.85. The molecule has 21 heavy (non-hydrogen) atoms. The van der Waals surface area contributed by atoms with Crippen LogP contribution in [0.25, 0.3) is 0 Å². The summed E-state index contributed by atoms with van der Waals surface area (Å²) in [5.41, 5.74) is 0.952. The highest BCUT2D eigenvalue weighted by atomic mass is 19.1. The lowest BCUT2D eigenvalue weighted by Crippen LogP contribution is -2.19. The zero-order chi connectivity index (χ0) is 15.4. The van der Waals surface area contributed by atoms with Crippen LogP contribution in [0.15, 0.2) is 36.4 Å². The predicted octanol–water partition coefficient (Wildman–Crippen LogP) is 3.98. The van der Waals surface area contributed by atoms with Crippen LogP contribution in [0.5, 0.6) is 0 Å². The topological polar surface area (TPSA) is 15.3 Å². The molecule has 1 N–H and O–H groups in total. The normalized spacial score (nSPS) is 10.7. The van der Waals surface area contributed by atoms with Gasteiger partial charge in [-0.25, -0.2) is 13.2 Å². The van der Waals surface area contributed by atoms with E-state index in [1.54, 1.807) is 14.0 Å². The van der Waals surface area contributed by atoms with E-state index in [2.05, 4.69) is 5.32 Å². The van der Waals surface area contributed by atoms with Gasteiger partial charge in [0.05, 0.1) is 0 Å². The van der Waals surface area contributed by atoms with Crippen molar-refractivity contribution in [3.63, 3.8) is 0 Å². The Balaban J connectivity index is 2.45. The minimum atomic E-state index is -0.633. The van der Waals surface area contributed by atoms with Crippen molar-refractivity contribution in [2.24, 2.45) is 0 Å². The lowest BCUT2D eigenvalue weighted by molar-refractivity contribution is 0.576. The zero-order valence-electron chi connectivity index (χ0n) is 12.0. The van der Waals surface area contributed by atoms with Gasteiger partial charge in [0, 0.05) is 18.8 Å². The van der Waals surface area contributed by atoms with Crippen molar-refractivity contribution >= 4 is 11.4 Å². The summed E-state index contributed by atoms with van der Waals surface area (Å²) in [5.74, 6) is -1.65. The maximum Gasteiger partial charge on any atom is 0.150 e. The van der Waals surface area contributed by atoms with Crippen molar-refractivity contribution in [1.29, 1.82) is 0 Å². The number of rotatable bonds is 5. The van der Waals surface area contributed by atoms with E-state index < -0.39 is 11.6 Å². The van der Waals surface area contributed by atoms with Crippen molar-refractivity contribution in [2.75, 3.05) is 18.5 Å². The number of halogens is 3. The highest BCUT2D eigenvalue weighted by Gasteiger charge is 2.18. The molecule has 0 heterocycles. The van der Waals surface area contributed by atoms with Crippen molar-refractivity contribution in [2.45, 2.75) is 13.5 Å². The average Bonchev–Trinajstić information content (AvgIpc) is 2.44. The van der Waals surface area contributed by atoms with Gasteiger partial charge in [0.15, 0.2) is 0 Å². The van der Waals surface area contributed by atoms with Gasteiger partial charge in [-0.3, -0.25) is 0 Å². The molecule has 2 aromatic carbocycles. The third kappa shape index (κ3) is 3.36. The smallest absolute Gasteiger partial charge is 0.150 e. The first-order chi connectivity index (χ1) is 10.1. The quantitative estimate of drug-likeness (QED) is 0.897. The molecule has 0 fully saturated rings. The lowest BCUT2D eigenvalue weighted by Gasteiger charge is -2.24. The molecule has 0 aliphatic heterocycles. The van der Waals surface area contributed by atoms with Gasteiger partial charge >= 0.3 is 0 Å². The number of benzene rings is 2. The monoisotopic (exact) mass is 294 g/mol. The maximum atomic E-state index is 14.3. The van der Waals surface area contributed by atoms with Gasteiger partial charge in [-0.2, -0.15) is 0 Å². The summed E-state index contributed by atoms with van der Waals surface area (Å²) in [4.78, 5) is 1.48. The number of anilines is 2. The van der Waals surface area contributed by atoms with Crippen molar-refractivity contribution < 1.29 is 13.2 Å². The summed E-state index contributed by atoms with van der Waals surface area (Å²) in [6.07, 6.45) is 0. The van der Waals surface area contributed by atoms with Gasteiger partial charge in [-0.15, -0.1) is 0 Å². The molecule has 0 saturated carbocycles. The highest BCUT2D eigenvalue weighted by Crippen LogP contribution is 2.31. The fourth-order valence-electron chi connectivity index (χ4n) is 2.27. The molecule has 2 aromatic rings. The third-order valence-electron chi connectivity index (χ3n) is 3.18. The van der Waals surface area contributed by atoms with Crippen molar-refractivity contribution in [3.8, 4) is 0 Å². The summed E-state index contributed by atoms with van der Waals surface area (Å²) in [7, 11) is 1.71. The zero-order valence-corrected chi connectivity index (χ0v) is 12.0. The van der Waals surface area contributed by atoms with Crippen LogP contribution in [0.3, 0.4) is 0 Å². The van der Waals surface area contributed by atoms with Crippen molar-refractivity contribution in [1.82, 2.24) is 5.32 Å². The number of nitrogens with zero attached hydrogens (tertiary/aromatic N) is 1. The minimum Gasteiger partial charge on any atom is -0.337 e. The number of hydrogen-bond donors (Lipinski definition) is 1. The van der Waals surface area contributed by atoms with Crippen LogP contribution in [0, 0.1) is 17.5 Å². The lowest BCUT2D eigenvalue weighted by atomic mass is 10.1. The second-order valence-corrected chi connectivity index (χ2v) is 4.66. The van der Waals surface area contributed by atoms with E-state index in [1.165, 1.54) is 41.3 Å². The Morgan fingerprint density at radius 1 is 1.00 bits per heavy atom. The minimum absolute atomic E-state index is 0.121. The van der Waals surface area contributed by atoms with E-state index in [0.29, 0.717) is 24.3 Å². The molecule has 0 aliphatic rings. The van der Waals surface area contributed by atoms with E-state index in [9.17, 15) is 13.2 Å². The molecule has 0 saturated heterocycles. The SMILES string of the molecule is CCN(c1ccc(F)cc1)c1c(F)cc(CNC)cc1F. The Hall–Kier alpha value is -2.01. The van der Waals surface area contributed by atoms with Gasteiger partial charge in [0.2, 0.25) is 0 Å². The average molecular weight is 294 g/mol. The predicted molar refractivity (Wildman–Crippen MR) is 78.2 cm³/mol. The van der Waals surface area contributed by atoms with Crippen LogP contribution < -0.4 is 10.2 Å². The second-order valence-electron chi connectivity index (χ2n) is 4.66. The molecule has 0 bridgehead atoms. The largest absolute Gasteiger partial charge is 0.337 e. The van der Waals surface area contributed by atoms with Crippen LogP contribution >= 0.6 is 0 Å². The van der Waals surface area contributed by atoms with Gasteiger partial charge in [0.25, 0.3) is 0 Å². The summed E-state index contributed by atoms with van der Waals surface area (Å²) in [6, 6.07) is 8.15. The maximum absolute atomic E-state index is 14.3. The molecule has 112 valence electrons. The first-order valence-corrected chi connectivity index (χ1v) is 6.72. The molecular weight excluding hydrogens is 277 g/mol. The molecule has 5 heteroatoms.